The Bertz CT molecular complexity index is 1010. The van der Waals surface area contributed by atoms with Crippen molar-refractivity contribution in [2.24, 2.45) is 0 Å². The monoisotopic (exact) mass is 441 g/mol. The summed E-state index contributed by atoms with van der Waals surface area (Å²) in [6.07, 6.45) is -0.193. The first-order chi connectivity index (χ1) is 11.8. The smallest absolute Gasteiger partial charge is 0.307 e. The number of methoxy groups -OCH3 is 1. The zero-order chi connectivity index (χ0) is 18.3. The van der Waals surface area contributed by atoms with Gasteiger partial charge in [-0.25, -0.2) is 0 Å². The minimum absolute atomic E-state index is 0.193. The van der Waals surface area contributed by atoms with Gasteiger partial charge in [-0.2, -0.15) is 0 Å². The topological polar surface area (TPSA) is 68.5 Å². The molecule has 1 aromatic carbocycles. The number of nitrogens with zero attached hydrogens (tertiary/aromatic N) is 1. The Balaban J connectivity index is 2.30. The van der Waals surface area contributed by atoms with Gasteiger partial charge in [0.2, 0.25) is 0 Å². The minimum atomic E-state index is -0.970. The summed E-state index contributed by atoms with van der Waals surface area (Å²) in [5.41, 5.74) is 1.71. The second kappa shape index (κ2) is 6.82. The molecule has 0 bridgehead atoms. The Hall–Kier alpha value is -1.83. The molecule has 3 aromatic rings. The van der Waals surface area contributed by atoms with Gasteiger partial charge in [0, 0.05) is 11.1 Å². The Morgan fingerprint density at radius 3 is 2.64 bits per heavy atom. The first-order valence-electron chi connectivity index (χ1n) is 7.22. The van der Waals surface area contributed by atoms with Crippen LogP contribution in [0.3, 0.4) is 0 Å². The highest BCUT2D eigenvalue weighted by Crippen LogP contribution is 2.36. The Morgan fingerprint density at radius 1 is 1.36 bits per heavy atom. The molecule has 0 atom stereocenters. The lowest BCUT2D eigenvalue weighted by Crippen LogP contribution is -2.12. The number of ether oxygens (including phenoxy) is 1. The molecular formula is C17H13BrClNO4S. The largest absolute Gasteiger partial charge is 0.495 e. The van der Waals surface area contributed by atoms with E-state index < -0.39 is 5.97 Å². The predicted octanol–water partition coefficient (Wildman–Crippen LogP) is 4.75. The first-order valence-corrected chi connectivity index (χ1v) is 9.21. The maximum atomic E-state index is 13.0. The third kappa shape index (κ3) is 3.19. The van der Waals surface area contributed by atoms with Crippen LogP contribution in [0, 0.1) is 6.92 Å². The molecule has 3 rings (SSSR count). The number of benzene rings is 1. The summed E-state index contributed by atoms with van der Waals surface area (Å²) in [5.74, 6) is -0.761. The molecule has 0 unspecified atom stereocenters. The van der Waals surface area contributed by atoms with E-state index in [1.165, 1.54) is 23.0 Å². The van der Waals surface area contributed by atoms with Gasteiger partial charge in [-0.1, -0.05) is 11.6 Å². The molecule has 0 amide bonds. The van der Waals surface area contributed by atoms with Crippen molar-refractivity contribution >= 4 is 61.6 Å². The fourth-order valence-electron chi connectivity index (χ4n) is 2.81. The van der Waals surface area contributed by atoms with E-state index in [4.69, 9.17) is 16.3 Å². The number of hydrogen-bond donors (Lipinski definition) is 1. The van der Waals surface area contributed by atoms with E-state index in [0.717, 1.165) is 3.79 Å². The van der Waals surface area contributed by atoms with Crippen LogP contribution in [0.4, 0.5) is 0 Å². The first kappa shape index (κ1) is 18.0. The highest BCUT2D eigenvalue weighted by Gasteiger charge is 2.23. The van der Waals surface area contributed by atoms with Crippen molar-refractivity contribution in [3.63, 3.8) is 0 Å². The predicted molar refractivity (Wildman–Crippen MR) is 101 cm³/mol. The van der Waals surface area contributed by atoms with Gasteiger partial charge in [-0.3, -0.25) is 14.2 Å². The normalized spacial score (nSPS) is 11.0. The fraction of sp³-hybridized carbons (Fsp3) is 0.176. The van der Waals surface area contributed by atoms with Crippen LogP contribution < -0.4 is 4.74 Å². The Labute approximate surface area is 160 Å². The summed E-state index contributed by atoms with van der Waals surface area (Å²) in [6, 6.07) is 6.84. The van der Waals surface area contributed by atoms with E-state index in [2.05, 4.69) is 15.9 Å². The van der Waals surface area contributed by atoms with Gasteiger partial charge in [-0.05, 0) is 52.7 Å². The van der Waals surface area contributed by atoms with E-state index in [0.29, 0.717) is 37.8 Å². The van der Waals surface area contributed by atoms with Crippen molar-refractivity contribution in [3.05, 3.63) is 49.2 Å². The molecule has 5 nitrogen and oxygen atoms in total. The molecule has 1 N–H and O–H groups in total. The molecule has 25 heavy (non-hydrogen) atoms. The molecular weight excluding hydrogens is 430 g/mol. The molecule has 0 saturated heterocycles. The van der Waals surface area contributed by atoms with E-state index in [1.54, 1.807) is 31.2 Å². The Morgan fingerprint density at radius 2 is 2.08 bits per heavy atom. The second-order valence-electron chi connectivity index (χ2n) is 5.38. The second-order valence-corrected chi connectivity index (χ2v) is 8.25. The lowest BCUT2D eigenvalue weighted by Gasteiger charge is -2.07. The summed E-state index contributed by atoms with van der Waals surface area (Å²) in [7, 11) is 1.49. The van der Waals surface area contributed by atoms with Crippen molar-refractivity contribution < 1.29 is 19.4 Å². The molecule has 0 saturated carbocycles. The van der Waals surface area contributed by atoms with E-state index in [-0.39, 0.29) is 12.3 Å². The molecule has 0 radical (unpaired) electrons. The van der Waals surface area contributed by atoms with Gasteiger partial charge < -0.3 is 9.84 Å². The molecule has 0 spiro atoms. The van der Waals surface area contributed by atoms with Crippen LogP contribution in [0.5, 0.6) is 5.75 Å². The molecule has 0 aliphatic heterocycles. The lowest BCUT2D eigenvalue weighted by atomic mass is 10.1. The number of carboxylic acids is 1. The number of carboxylic acid groups (broad SMARTS) is 1. The van der Waals surface area contributed by atoms with Crippen molar-refractivity contribution in [3.8, 4) is 5.75 Å². The van der Waals surface area contributed by atoms with Gasteiger partial charge in [0.05, 0.1) is 32.7 Å². The van der Waals surface area contributed by atoms with Gasteiger partial charge in [0.25, 0.3) is 5.91 Å². The van der Waals surface area contributed by atoms with Gasteiger partial charge in [0.1, 0.15) is 5.75 Å². The Kier molecular flexibility index (Phi) is 4.90. The molecule has 0 aliphatic carbocycles. The maximum Gasteiger partial charge on any atom is 0.307 e. The number of fused-ring (bicyclic) bond motifs is 1. The van der Waals surface area contributed by atoms with Crippen LogP contribution >= 0.6 is 38.9 Å². The number of halogens is 2. The average molecular weight is 443 g/mol. The summed E-state index contributed by atoms with van der Waals surface area (Å²) >= 11 is 10.9. The quantitative estimate of drug-likeness (QED) is 0.633. The third-order valence-electron chi connectivity index (χ3n) is 3.92. The van der Waals surface area contributed by atoms with Crippen LogP contribution in [0.1, 0.15) is 20.9 Å². The standard InChI is InChI=1S/C17H13BrClNO4S/c1-8-9(6-16(21)22)10-5-13(24-2)11(19)7-12(10)20(8)17(23)14-3-4-15(18)25-14/h3-5,7H,6H2,1-2H3,(H,21,22). The highest BCUT2D eigenvalue weighted by atomic mass is 79.9. The molecule has 130 valence electrons. The van der Waals surface area contributed by atoms with Crippen LogP contribution in [0.2, 0.25) is 5.02 Å². The van der Waals surface area contributed by atoms with E-state index >= 15 is 0 Å². The zero-order valence-electron chi connectivity index (χ0n) is 13.3. The van der Waals surface area contributed by atoms with Crippen molar-refractivity contribution in [2.45, 2.75) is 13.3 Å². The zero-order valence-corrected chi connectivity index (χ0v) is 16.5. The van der Waals surface area contributed by atoms with Crippen LogP contribution in [0.15, 0.2) is 28.1 Å². The number of thiophene rings is 1. The summed E-state index contributed by atoms with van der Waals surface area (Å²) < 4.78 is 7.59. The minimum Gasteiger partial charge on any atom is -0.495 e. The number of carbonyl (C=O) groups is 2. The number of rotatable bonds is 4. The fourth-order valence-corrected chi connectivity index (χ4v) is 4.36. The van der Waals surface area contributed by atoms with E-state index in [9.17, 15) is 14.7 Å². The number of aromatic nitrogens is 1. The van der Waals surface area contributed by atoms with Crippen molar-refractivity contribution in [1.82, 2.24) is 4.57 Å². The molecule has 0 fully saturated rings. The van der Waals surface area contributed by atoms with Crippen LogP contribution in [0.25, 0.3) is 10.9 Å². The molecule has 8 heteroatoms. The molecule has 2 heterocycles. The lowest BCUT2D eigenvalue weighted by molar-refractivity contribution is -0.136. The average Bonchev–Trinajstić information content (AvgIpc) is 3.08. The molecule has 2 aromatic heterocycles. The van der Waals surface area contributed by atoms with Crippen molar-refractivity contribution in [1.29, 1.82) is 0 Å². The maximum absolute atomic E-state index is 13.0. The van der Waals surface area contributed by atoms with E-state index in [1.807, 2.05) is 0 Å². The SMILES string of the molecule is COc1cc2c(CC(=O)O)c(C)n(C(=O)c3ccc(Br)s3)c2cc1Cl. The summed E-state index contributed by atoms with van der Waals surface area (Å²) in [6.45, 7) is 1.74. The number of hydrogen-bond acceptors (Lipinski definition) is 4. The summed E-state index contributed by atoms with van der Waals surface area (Å²) in [4.78, 5) is 24.8. The number of aliphatic carboxylic acids is 1. The van der Waals surface area contributed by atoms with Gasteiger partial charge in [0.15, 0.2) is 0 Å². The van der Waals surface area contributed by atoms with Crippen LogP contribution in [-0.2, 0) is 11.2 Å². The number of carbonyl (C=O) groups excluding carboxylic acids is 1. The van der Waals surface area contributed by atoms with Gasteiger partial charge >= 0.3 is 5.97 Å². The van der Waals surface area contributed by atoms with Gasteiger partial charge in [-0.15, -0.1) is 11.3 Å². The molecule has 0 aliphatic rings. The third-order valence-corrected chi connectivity index (χ3v) is 5.83. The highest BCUT2D eigenvalue weighted by molar-refractivity contribution is 9.11. The summed E-state index contributed by atoms with van der Waals surface area (Å²) in [5, 5.41) is 10.2. The van der Waals surface area contributed by atoms with Crippen LogP contribution in [-0.4, -0.2) is 28.7 Å². The van der Waals surface area contributed by atoms with Crippen molar-refractivity contribution in [2.75, 3.05) is 7.11 Å².